The Morgan fingerprint density at radius 2 is 2.00 bits per heavy atom. The number of aryl methyl sites for hydroxylation is 1. The van der Waals surface area contributed by atoms with E-state index < -0.39 is 0 Å². The van der Waals surface area contributed by atoms with Crippen molar-refractivity contribution in [2.45, 2.75) is 19.5 Å². The lowest BCUT2D eigenvalue weighted by Gasteiger charge is -2.07. The number of nitrogens with one attached hydrogen (secondary N) is 1. The maximum atomic E-state index is 12.4. The number of imidazole rings is 1. The molecule has 3 heterocycles. The molecule has 1 amide bonds. The van der Waals surface area contributed by atoms with Gasteiger partial charge in [0.1, 0.15) is 5.65 Å². The largest absolute Gasteiger partial charge is 0.350 e. The Hall–Kier alpha value is -3.19. The summed E-state index contributed by atoms with van der Waals surface area (Å²) in [5.74, 6) is -0.162. The molecule has 0 bridgehead atoms. The van der Waals surface area contributed by atoms with Crippen LogP contribution in [0.25, 0.3) is 16.6 Å². The van der Waals surface area contributed by atoms with Gasteiger partial charge in [0.25, 0.3) is 5.56 Å². The van der Waals surface area contributed by atoms with Crippen LogP contribution in [0.4, 0.5) is 0 Å². The maximum Gasteiger partial charge on any atom is 0.261 e. The highest BCUT2D eigenvalue weighted by Crippen LogP contribution is 2.11. The summed E-state index contributed by atoms with van der Waals surface area (Å²) in [4.78, 5) is 33.2. The number of carbonyl (C=O) groups excluding carboxylic acids is 1. The summed E-state index contributed by atoms with van der Waals surface area (Å²) < 4.78 is 3.26. The van der Waals surface area contributed by atoms with E-state index in [1.54, 1.807) is 30.5 Å². The average molecular weight is 382 g/mol. The van der Waals surface area contributed by atoms with Gasteiger partial charge in [-0.2, -0.15) is 0 Å². The number of nitrogens with zero attached hydrogens (tertiary/aromatic N) is 4. The van der Waals surface area contributed by atoms with E-state index in [0.717, 1.165) is 11.3 Å². The van der Waals surface area contributed by atoms with Crippen molar-refractivity contribution in [3.8, 4) is 0 Å². The fraction of sp³-hybridized carbons (Fsp3) is 0.158. The molecule has 0 aliphatic heterocycles. The molecule has 8 heteroatoms. The molecule has 0 atom stereocenters. The number of carbonyl (C=O) groups is 1. The van der Waals surface area contributed by atoms with Gasteiger partial charge in [-0.3, -0.25) is 14.2 Å². The monoisotopic (exact) mass is 381 g/mol. The van der Waals surface area contributed by atoms with Crippen molar-refractivity contribution in [2.24, 2.45) is 0 Å². The highest BCUT2D eigenvalue weighted by atomic mass is 35.5. The van der Waals surface area contributed by atoms with Crippen molar-refractivity contribution in [1.82, 2.24) is 24.3 Å². The second-order valence-corrected chi connectivity index (χ2v) is 6.57. The van der Waals surface area contributed by atoms with Gasteiger partial charge < -0.3 is 9.72 Å². The minimum absolute atomic E-state index is 0.148. The third-order valence-electron chi connectivity index (χ3n) is 4.24. The van der Waals surface area contributed by atoms with E-state index in [4.69, 9.17) is 11.6 Å². The van der Waals surface area contributed by atoms with Gasteiger partial charge in [-0.25, -0.2) is 9.97 Å². The Balaban J connectivity index is 1.38. The topological polar surface area (TPSA) is 81.3 Å². The summed E-state index contributed by atoms with van der Waals surface area (Å²) in [6, 6.07) is 10.7. The van der Waals surface area contributed by atoms with Gasteiger partial charge in [0.2, 0.25) is 5.91 Å². The zero-order valence-electron chi connectivity index (χ0n) is 14.3. The first-order chi connectivity index (χ1) is 13.1. The summed E-state index contributed by atoms with van der Waals surface area (Å²) in [6.07, 6.45) is 5.23. The number of benzene rings is 1. The fourth-order valence-electron chi connectivity index (χ4n) is 2.87. The predicted molar refractivity (Wildman–Crippen MR) is 103 cm³/mol. The number of hydrogen-bond donors (Lipinski definition) is 1. The molecule has 0 aliphatic carbocycles. The molecule has 136 valence electrons. The number of fused-ring (bicyclic) bond motifs is 2. The van der Waals surface area contributed by atoms with Crippen molar-refractivity contribution in [1.29, 1.82) is 0 Å². The minimum atomic E-state index is -0.162. The Kier molecular flexibility index (Phi) is 4.60. The molecule has 0 spiro atoms. The Morgan fingerprint density at radius 1 is 1.15 bits per heavy atom. The lowest BCUT2D eigenvalue weighted by atomic mass is 10.2. The van der Waals surface area contributed by atoms with Gasteiger partial charge in [-0.1, -0.05) is 23.7 Å². The molecule has 4 rings (SSSR count). The van der Waals surface area contributed by atoms with E-state index in [1.165, 1.54) is 10.9 Å². The highest BCUT2D eigenvalue weighted by molar-refractivity contribution is 6.30. The van der Waals surface area contributed by atoms with E-state index in [0.29, 0.717) is 22.5 Å². The number of aromatic nitrogens is 4. The second kappa shape index (κ2) is 7.20. The molecular weight excluding hydrogens is 366 g/mol. The smallest absolute Gasteiger partial charge is 0.261 e. The van der Waals surface area contributed by atoms with Crippen LogP contribution < -0.4 is 10.9 Å². The molecule has 0 fully saturated rings. The van der Waals surface area contributed by atoms with Crippen LogP contribution in [0.15, 0.2) is 59.9 Å². The molecule has 0 saturated heterocycles. The van der Waals surface area contributed by atoms with Crippen LogP contribution in [-0.2, 0) is 17.9 Å². The molecule has 27 heavy (non-hydrogen) atoms. The number of halogens is 1. The second-order valence-electron chi connectivity index (χ2n) is 6.13. The first-order valence-corrected chi connectivity index (χ1v) is 8.82. The molecule has 4 aromatic rings. The fourth-order valence-corrected chi connectivity index (χ4v) is 3.04. The van der Waals surface area contributed by atoms with Crippen LogP contribution in [0.1, 0.15) is 12.1 Å². The van der Waals surface area contributed by atoms with Crippen molar-refractivity contribution in [2.75, 3.05) is 0 Å². The van der Waals surface area contributed by atoms with Crippen molar-refractivity contribution in [3.05, 3.63) is 76.2 Å². The van der Waals surface area contributed by atoms with E-state index in [-0.39, 0.29) is 24.4 Å². The molecule has 3 aromatic heterocycles. The lowest BCUT2D eigenvalue weighted by Crippen LogP contribution is -2.27. The maximum absolute atomic E-state index is 12.4. The van der Waals surface area contributed by atoms with Gasteiger partial charge in [-0.05, 0) is 24.3 Å². The molecule has 1 N–H and O–H groups in total. The number of pyridine rings is 1. The van der Waals surface area contributed by atoms with Crippen molar-refractivity contribution < 1.29 is 4.79 Å². The zero-order chi connectivity index (χ0) is 18.8. The minimum Gasteiger partial charge on any atom is -0.350 e. The summed E-state index contributed by atoms with van der Waals surface area (Å²) in [5, 5.41) is 3.98. The van der Waals surface area contributed by atoms with Gasteiger partial charge in [0.05, 0.1) is 34.5 Å². The number of amides is 1. The van der Waals surface area contributed by atoms with E-state index in [2.05, 4.69) is 15.3 Å². The summed E-state index contributed by atoms with van der Waals surface area (Å²) >= 11 is 5.95. The van der Waals surface area contributed by atoms with E-state index in [1.807, 2.05) is 22.7 Å². The van der Waals surface area contributed by atoms with Gasteiger partial charge >= 0.3 is 0 Å². The molecule has 1 aromatic carbocycles. The first kappa shape index (κ1) is 17.2. The lowest BCUT2D eigenvalue weighted by molar-refractivity contribution is -0.121. The predicted octanol–water partition coefficient (Wildman–Crippen LogP) is 2.40. The van der Waals surface area contributed by atoms with E-state index in [9.17, 15) is 9.59 Å². The van der Waals surface area contributed by atoms with Gasteiger partial charge in [0, 0.05) is 25.4 Å². The van der Waals surface area contributed by atoms with Crippen LogP contribution in [0.3, 0.4) is 0 Å². The highest BCUT2D eigenvalue weighted by Gasteiger charge is 2.08. The molecule has 0 aliphatic rings. The first-order valence-electron chi connectivity index (χ1n) is 8.44. The summed E-state index contributed by atoms with van der Waals surface area (Å²) in [7, 11) is 0. The molecule has 0 radical (unpaired) electrons. The number of para-hydroxylation sites is 1. The number of rotatable bonds is 5. The third kappa shape index (κ3) is 3.68. The molecule has 0 saturated carbocycles. The normalized spacial score (nSPS) is 11.1. The number of hydrogen-bond acceptors (Lipinski definition) is 4. The van der Waals surface area contributed by atoms with Crippen LogP contribution in [0.5, 0.6) is 0 Å². The quantitative estimate of drug-likeness (QED) is 0.575. The zero-order valence-corrected chi connectivity index (χ0v) is 15.1. The summed E-state index contributed by atoms with van der Waals surface area (Å²) in [5.41, 5.74) is 1.99. The SMILES string of the molecule is O=C(CCn1cnc2ccccc2c1=O)NCc1cn2cc(Cl)ccc2n1. The van der Waals surface area contributed by atoms with Crippen LogP contribution in [0, 0.1) is 0 Å². The molecule has 0 unspecified atom stereocenters. The Morgan fingerprint density at radius 3 is 2.89 bits per heavy atom. The average Bonchev–Trinajstić information content (AvgIpc) is 3.08. The Bertz CT molecular complexity index is 1200. The van der Waals surface area contributed by atoms with Crippen LogP contribution >= 0.6 is 11.6 Å². The molecular formula is C19H16ClN5O2. The van der Waals surface area contributed by atoms with Gasteiger partial charge in [-0.15, -0.1) is 0 Å². The van der Waals surface area contributed by atoms with Gasteiger partial charge in [0.15, 0.2) is 0 Å². The summed E-state index contributed by atoms with van der Waals surface area (Å²) in [6.45, 7) is 0.576. The standard InChI is InChI=1S/C19H16ClN5O2/c20-13-5-6-17-23-14(11-25(17)10-13)9-21-18(26)7-8-24-12-22-16-4-2-1-3-15(16)19(24)27/h1-6,10-12H,7-9H2,(H,21,26). The Labute approximate surface area is 159 Å². The van der Waals surface area contributed by atoms with Crippen molar-refractivity contribution >= 4 is 34.1 Å². The van der Waals surface area contributed by atoms with Crippen LogP contribution in [0.2, 0.25) is 5.02 Å². The van der Waals surface area contributed by atoms with Crippen LogP contribution in [-0.4, -0.2) is 24.8 Å². The van der Waals surface area contributed by atoms with E-state index >= 15 is 0 Å². The van der Waals surface area contributed by atoms with Crippen molar-refractivity contribution in [3.63, 3.8) is 0 Å². The third-order valence-corrected chi connectivity index (χ3v) is 4.47. The molecule has 7 nitrogen and oxygen atoms in total.